The smallest absolute Gasteiger partial charge is 0.237 e. The number of imide groups is 1. The van der Waals surface area contributed by atoms with Gasteiger partial charge in [0.1, 0.15) is 0 Å². The largest absolute Gasteiger partial charge is 0.316 e. The average Bonchev–Trinajstić information content (AvgIpc) is 2.67. The Bertz CT molecular complexity index is 539. The van der Waals surface area contributed by atoms with Crippen LogP contribution in [0.15, 0.2) is 24.3 Å². The summed E-state index contributed by atoms with van der Waals surface area (Å²) in [6.07, 6.45) is 2.10. The first-order valence-electron chi connectivity index (χ1n) is 6.91. The zero-order chi connectivity index (χ0) is 14.2. The van der Waals surface area contributed by atoms with Crippen molar-refractivity contribution >= 4 is 35.8 Å². The van der Waals surface area contributed by atoms with E-state index < -0.39 is 5.41 Å². The van der Waals surface area contributed by atoms with Gasteiger partial charge in [-0.1, -0.05) is 23.7 Å². The minimum absolute atomic E-state index is 0. The van der Waals surface area contributed by atoms with Crippen molar-refractivity contribution in [2.24, 2.45) is 5.41 Å². The molecule has 1 unspecified atom stereocenters. The molecule has 1 atom stereocenters. The maximum absolute atomic E-state index is 12.6. The maximum atomic E-state index is 12.6. The van der Waals surface area contributed by atoms with E-state index in [9.17, 15) is 9.59 Å². The molecule has 21 heavy (non-hydrogen) atoms. The molecule has 0 bridgehead atoms. The Balaban J connectivity index is 0.00000161. The van der Waals surface area contributed by atoms with Gasteiger partial charge < -0.3 is 5.32 Å². The second kappa shape index (κ2) is 6.34. The third kappa shape index (κ3) is 3.07. The van der Waals surface area contributed by atoms with Crippen molar-refractivity contribution < 1.29 is 9.59 Å². The third-order valence-electron chi connectivity index (χ3n) is 4.22. The Hall–Kier alpha value is -1.10. The van der Waals surface area contributed by atoms with Crippen LogP contribution >= 0.6 is 24.0 Å². The molecule has 2 heterocycles. The molecule has 2 saturated heterocycles. The molecule has 4 nitrogen and oxygen atoms in total. The van der Waals surface area contributed by atoms with Crippen molar-refractivity contribution in [1.29, 1.82) is 0 Å². The molecular formula is C15H18Cl2N2O2. The quantitative estimate of drug-likeness (QED) is 0.848. The first-order chi connectivity index (χ1) is 9.61. The van der Waals surface area contributed by atoms with Gasteiger partial charge >= 0.3 is 0 Å². The molecule has 0 aromatic heterocycles. The summed E-state index contributed by atoms with van der Waals surface area (Å²) in [5.74, 6) is -0.0849. The van der Waals surface area contributed by atoms with Gasteiger partial charge in [0.25, 0.3) is 0 Å². The van der Waals surface area contributed by atoms with Crippen molar-refractivity contribution in [3.63, 3.8) is 0 Å². The molecule has 1 spiro atoms. The van der Waals surface area contributed by atoms with Gasteiger partial charge in [0.15, 0.2) is 0 Å². The molecule has 114 valence electrons. The van der Waals surface area contributed by atoms with Gasteiger partial charge in [0.05, 0.1) is 12.0 Å². The Kier molecular flexibility index (Phi) is 4.91. The van der Waals surface area contributed by atoms with Crippen molar-refractivity contribution in [1.82, 2.24) is 10.2 Å². The van der Waals surface area contributed by atoms with E-state index in [0.29, 0.717) is 24.5 Å². The summed E-state index contributed by atoms with van der Waals surface area (Å²) in [5, 5.41) is 3.90. The number of hydrogen-bond donors (Lipinski definition) is 1. The van der Waals surface area contributed by atoms with E-state index in [4.69, 9.17) is 11.6 Å². The summed E-state index contributed by atoms with van der Waals surface area (Å²) >= 11 is 5.85. The highest BCUT2D eigenvalue weighted by Gasteiger charge is 2.51. The molecule has 2 amide bonds. The minimum Gasteiger partial charge on any atom is -0.316 e. The Morgan fingerprint density at radius 2 is 1.95 bits per heavy atom. The number of likely N-dealkylation sites (tertiary alicyclic amines) is 1. The molecule has 1 aromatic rings. The van der Waals surface area contributed by atoms with E-state index in [-0.39, 0.29) is 24.2 Å². The molecule has 6 heteroatoms. The third-order valence-corrected chi connectivity index (χ3v) is 4.47. The summed E-state index contributed by atoms with van der Waals surface area (Å²) in [6.45, 7) is 1.89. The van der Waals surface area contributed by atoms with Gasteiger partial charge in [-0.25, -0.2) is 0 Å². The van der Waals surface area contributed by atoms with Crippen molar-refractivity contribution in [3.05, 3.63) is 34.9 Å². The average molecular weight is 329 g/mol. The van der Waals surface area contributed by atoms with Gasteiger partial charge in [-0.2, -0.15) is 0 Å². The topological polar surface area (TPSA) is 49.4 Å². The van der Waals surface area contributed by atoms with Crippen LogP contribution in [0.3, 0.4) is 0 Å². The highest BCUT2D eigenvalue weighted by molar-refractivity contribution is 6.30. The van der Waals surface area contributed by atoms with Crippen LogP contribution in [0.25, 0.3) is 0 Å². The second-order valence-corrected chi connectivity index (χ2v) is 6.09. The van der Waals surface area contributed by atoms with Crippen LogP contribution in [0, 0.1) is 5.41 Å². The number of nitrogens with zero attached hydrogens (tertiary/aromatic N) is 1. The molecule has 1 N–H and O–H groups in total. The highest BCUT2D eigenvalue weighted by Crippen LogP contribution is 2.39. The van der Waals surface area contributed by atoms with Gasteiger partial charge in [-0.3, -0.25) is 14.5 Å². The van der Waals surface area contributed by atoms with Crippen LogP contribution < -0.4 is 5.32 Å². The molecule has 2 aliphatic heterocycles. The summed E-state index contributed by atoms with van der Waals surface area (Å²) in [7, 11) is 0. The summed E-state index contributed by atoms with van der Waals surface area (Å²) in [5.41, 5.74) is 0.429. The van der Waals surface area contributed by atoms with E-state index in [1.807, 2.05) is 12.1 Å². The van der Waals surface area contributed by atoms with Crippen molar-refractivity contribution in [3.8, 4) is 0 Å². The molecule has 1 aromatic carbocycles. The molecule has 0 saturated carbocycles. The Morgan fingerprint density at radius 1 is 1.24 bits per heavy atom. The van der Waals surface area contributed by atoms with Crippen LogP contribution in [0.2, 0.25) is 5.02 Å². The van der Waals surface area contributed by atoms with Gasteiger partial charge in [0, 0.05) is 18.0 Å². The van der Waals surface area contributed by atoms with E-state index in [0.717, 1.165) is 24.9 Å². The molecule has 2 fully saturated rings. The SMILES string of the molecule is Cl.O=C1CC2(CCCNC2)C(=O)N1Cc1ccc(Cl)cc1. The zero-order valence-electron chi connectivity index (χ0n) is 11.6. The lowest BCUT2D eigenvalue weighted by Gasteiger charge is -2.31. The number of carbonyl (C=O) groups is 2. The molecule has 0 aliphatic carbocycles. The maximum Gasteiger partial charge on any atom is 0.237 e. The second-order valence-electron chi connectivity index (χ2n) is 5.65. The number of benzene rings is 1. The summed E-state index contributed by atoms with van der Waals surface area (Å²) in [6, 6.07) is 7.26. The minimum atomic E-state index is -0.498. The van der Waals surface area contributed by atoms with Gasteiger partial charge in [-0.15, -0.1) is 12.4 Å². The summed E-state index contributed by atoms with van der Waals surface area (Å²) < 4.78 is 0. The number of nitrogens with one attached hydrogen (secondary N) is 1. The first-order valence-corrected chi connectivity index (χ1v) is 7.28. The zero-order valence-corrected chi connectivity index (χ0v) is 13.2. The van der Waals surface area contributed by atoms with Crippen LogP contribution in [0.4, 0.5) is 0 Å². The lowest BCUT2D eigenvalue weighted by atomic mass is 9.79. The number of amides is 2. The van der Waals surface area contributed by atoms with Gasteiger partial charge in [-0.05, 0) is 37.1 Å². The number of rotatable bonds is 2. The van der Waals surface area contributed by atoms with Crippen LogP contribution in [-0.4, -0.2) is 29.8 Å². The number of halogens is 2. The number of piperidine rings is 1. The highest BCUT2D eigenvalue weighted by atomic mass is 35.5. The van der Waals surface area contributed by atoms with Crippen LogP contribution in [-0.2, 0) is 16.1 Å². The van der Waals surface area contributed by atoms with Crippen LogP contribution in [0.5, 0.6) is 0 Å². The lowest BCUT2D eigenvalue weighted by Crippen LogP contribution is -2.45. The summed E-state index contributed by atoms with van der Waals surface area (Å²) in [4.78, 5) is 26.2. The molecule has 0 radical (unpaired) electrons. The normalized spacial score (nSPS) is 25.3. The molecule has 3 rings (SSSR count). The van der Waals surface area contributed by atoms with Gasteiger partial charge in [0.2, 0.25) is 11.8 Å². The fraction of sp³-hybridized carbons (Fsp3) is 0.467. The van der Waals surface area contributed by atoms with E-state index >= 15 is 0 Å². The number of carbonyl (C=O) groups excluding carboxylic acids is 2. The van der Waals surface area contributed by atoms with Crippen LogP contribution in [0.1, 0.15) is 24.8 Å². The predicted octanol–water partition coefficient (Wildman–Crippen LogP) is 2.39. The van der Waals surface area contributed by atoms with Crippen molar-refractivity contribution in [2.75, 3.05) is 13.1 Å². The van der Waals surface area contributed by atoms with E-state index in [2.05, 4.69) is 5.32 Å². The van der Waals surface area contributed by atoms with E-state index in [1.165, 1.54) is 4.90 Å². The first kappa shape index (κ1) is 16.3. The lowest BCUT2D eigenvalue weighted by molar-refractivity contribution is -0.142. The fourth-order valence-corrected chi connectivity index (χ4v) is 3.22. The standard InChI is InChI=1S/C15H17ClN2O2.ClH/c16-12-4-2-11(3-5-12)9-18-13(19)8-15(14(18)20)6-1-7-17-10-15;/h2-5,17H,1,6-10H2;1H. The molecule has 2 aliphatic rings. The monoisotopic (exact) mass is 328 g/mol. The Morgan fingerprint density at radius 3 is 2.57 bits per heavy atom. The predicted molar refractivity (Wildman–Crippen MR) is 83.4 cm³/mol. The fourth-order valence-electron chi connectivity index (χ4n) is 3.09. The van der Waals surface area contributed by atoms with Crippen molar-refractivity contribution in [2.45, 2.75) is 25.8 Å². The molecular weight excluding hydrogens is 311 g/mol. The Labute approximate surface area is 135 Å². The van der Waals surface area contributed by atoms with E-state index in [1.54, 1.807) is 12.1 Å². The number of hydrogen-bond acceptors (Lipinski definition) is 3.